The summed E-state index contributed by atoms with van der Waals surface area (Å²) in [7, 11) is 0. The Morgan fingerprint density at radius 3 is 2.00 bits per heavy atom. The van der Waals surface area contributed by atoms with E-state index in [0.717, 1.165) is 0 Å². The summed E-state index contributed by atoms with van der Waals surface area (Å²) in [6.07, 6.45) is 0. The Morgan fingerprint density at radius 2 is 1.67 bits per heavy atom. The van der Waals surface area contributed by atoms with Gasteiger partial charge in [-0.15, -0.1) is 0 Å². The van der Waals surface area contributed by atoms with Crippen molar-refractivity contribution in [3.05, 3.63) is 35.4 Å². The molecule has 12 heavy (non-hydrogen) atoms. The number of rotatable bonds is 2. The van der Waals surface area contributed by atoms with Crippen molar-refractivity contribution in [2.75, 3.05) is 0 Å². The molecule has 0 atom stereocenters. The van der Waals surface area contributed by atoms with E-state index in [1.807, 2.05) is 0 Å². The number of hydrogen-bond acceptors (Lipinski definition) is 2. The number of amides is 1. The number of carbonyl (C=O) groups is 2. The van der Waals surface area contributed by atoms with Gasteiger partial charge in [-0.2, -0.15) is 0 Å². The van der Waals surface area contributed by atoms with Crippen molar-refractivity contribution in [2.24, 2.45) is 0 Å². The molecule has 1 radical (unpaired) electrons. The predicted molar refractivity (Wildman–Crippen MR) is 40.8 cm³/mol. The minimum atomic E-state index is -1.19. The second kappa shape index (κ2) is 3.04. The topological polar surface area (TPSA) is 78.2 Å². The third kappa shape index (κ3) is 1.42. The van der Waals surface area contributed by atoms with Crippen molar-refractivity contribution in [3.63, 3.8) is 0 Å². The lowest BCUT2D eigenvalue weighted by atomic mass is 10.1. The smallest absolute Gasteiger partial charge is 0.336 e. The molecular weight excluding hydrogens is 158 g/mol. The summed E-state index contributed by atoms with van der Waals surface area (Å²) in [4.78, 5) is 21.1. The standard InChI is InChI=1S/C8H6NO3/c9-7(10)5-3-1-2-4-6(5)8(11)12/h1-4,9H,(H,11,12). The fraction of sp³-hybridized carbons (Fsp3) is 0. The highest BCUT2D eigenvalue weighted by Gasteiger charge is 2.12. The minimum Gasteiger partial charge on any atom is -0.478 e. The third-order valence-corrected chi connectivity index (χ3v) is 1.40. The van der Waals surface area contributed by atoms with Crippen LogP contribution < -0.4 is 5.73 Å². The fourth-order valence-corrected chi connectivity index (χ4v) is 0.868. The molecule has 0 aliphatic carbocycles. The van der Waals surface area contributed by atoms with Crippen LogP contribution in [-0.2, 0) is 0 Å². The molecule has 2 N–H and O–H groups in total. The van der Waals surface area contributed by atoms with Crippen molar-refractivity contribution in [3.8, 4) is 0 Å². The molecule has 0 unspecified atom stereocenters. The van der Waals surface area contributed by atoms with Crippen LogP contribution in [0, 0.1) is 0 Å². The number of benzene rings is 1. The third-order valence-electron chi connectivity index (χ3n) is 1.40. The molecule has 0 aromatic heterocycles. The van der Waals surface area contributed by atoms with Gasteiger partial charge in [0.05, 0.1) is 11.1 Å². The molecule has 0 aliphatic heterocycles. The first kappa shape index (κ1) is 8.26. The molecule has 0 spiro atoms. The van der Waals surface area contributed by atoms with Crippen LogP contribution in [0.4, 0.5) is 0 Å². The maximum atomic E-state index is 10.6. The van der Waals surface area contributed by atoms with E-state index in [-0.39, 0.29) is 11.1 Å². The SMILES string of the molecule is [NH]C(=O)c1ccccc1C(=O)O. The number of hydrogen-bond donors (Lipinski definition) is 1. The van der Waals surface area contributed by atoms with E-state index >= 15 is 0 Å². The Labute approximate surface area is 68.6 Å². The van der Waals surface area contributed by atoms with Crippen molar-refractivity contribution in [2.45, 2.75) is 0 Å². The Morgan fingerprint density at radius 1 is 1.17 bits per heavy atom. The molecule has 4 nitrogen and oxygen atoms in total. The first-order chi connectivity index (χ1) is 5.63. The van der Waals surface area contributed by atoms with Crippen LogP contribution in [0.1, 0.15) is 20.7 Å². The summed E-state index contributed by atoms with van der Waals surface area (Å²) in [5, 5.41) is 8.58. The molecule has 0 saturated carbocycles. The zero-order valence-corrected chi connectivity index (χ0v) is 6.07. The van der Waals surface area contributed by atoms with Crippen LogP contribution in [0.25, 0.3) is 0 Å². The molecule has 61 valence electrons. The molecule has 0 bridgehead atoms. The summed E-state index contributed by atoms with van der Waals surface area (Å²) in [6, 6.07) is 5.65. The average molecular weight is 164 g/mol. The molecule has 1 amide bonds. The molecule has 0 aliphatic rings. The molecule has 1 aromatic rings. The summed E-state index contributed by atoms with van der Waals surface area (Å²) >= 11 is 0. The molecule has 4 heteroatoms. The van der Waals surface area contributed by atoms with Gasteiger partial charge in [-0.3, -0.25) is 10.5 Å². The highest BCUT2D eigenvalue weighted by molar-refractivity contribution is 6.03. The molecular formula is C8H6NO3. The van der Waals surface area contributed by atoms with Crippen LogP contribution in [-0.4, -0.2) is 17.0 Å². The maximum Gasteiger partial charge on any atom is 0.336 e. The summed E-state index contributed by atoms with van der Waals surface area (Å²) in [5.74, 6) is -2.17. The molecule has 0 heterocycles. The number of carboxylic acids is 1. The van der Waals surface area contributed by atoms with Gasteiger partial charge in [0.2, 0.25) is 0 Å². The molecule has 0 fully saturated rings. The first-order valence-corrected chi connectivity index (χ1v) is 3.21. The van der Waals surface area contributed by atoms with E-state index in [4.69, 9.17) is 10.8 Å². The van der Waals surface area contributed by atoms with E-state index in [1.54, 1.807) is 0 Å². The second-order valence-corrected chi connectivity index (χ2v) is 2.18. The van der Waals surface area contributed by atoms with Gasteiger partial charge in [0.25, 0.3) is 5.91 Å². The Balaban J connectivity index is 3.27. The summed E-state index contributed by atoms with van der Waals surface area (Å²) in [5.41, 5.74) is 6.54. The zero-order chi connectivity index (χ0) is 9.14. The lowest BCUT2D eigenvalue weighted by Crippen LogP contribution is -2.08. The minimum absolute atomic E-state index is 0.0787. The molecule has 1 aromatic carbocycles. The maximum absolute atomic E-state index is 10.6. The predicted octanol–water partition coefficient (Wildman–Crippen LogP) is 0.808. The Kier molecular flexibility index (Phi) is 2.09. The highest BCUT2D eigenvalue weighted by Crippen LogP contribution is 2.07. The van der Waals surface area contributed by atoms with E-state index in [9.17, 15) is 9.59 Å². The summed E-state index contributed by atoms with van der Waals surface area (Å²) < 4.78 is 0. The van der Waals surface area contributed by atoms with Crippen LogP contribution in [0.5, 0.6) is 0 Å². The lowest BCUT2D eigenvalue weighted by Gasteiger charge is -1.98. The average Bonchev–Trinajstić information content (AvgIpc) is 2.04. The van der Waals surface area contributed by atoms with E-state index in [2.05, 4.69) is 0 Å². The molecule has 1 rings (SSSR count). The van der Waals surface area contributed by atoms with Crippen LogP contribution >= 0.6 is 0 Å². The van der Waals surface area contributed by atoms with Crippen molar-refractivity contribution >= 4 is 11.9 Å². The van der Waals surface area contributed by atoms with E-state index in [1.165, 1.54) is 24.3 Å². The lowest BCUT2D eigenvalue weighted by molar-refractivity contribution is 0.0692. The fourth-order valence-electron chi connectivity index (χ4n) is 0.868. The van der Waals surface area contributed by atoms with Gasteiger partial charge >= 0.3 is 5.97 Å². The monoisotopic (exact) mass is 164 g/mol. The number of carbonyl (C=O) groups excluding carboxylic acids is 1. The second-order valence-electron chi connectivity index (χ2n) is 2.18. The first-order valence-electron chi connectivity index (χ1n) is 3.21. The summed E-state index contributed by atoms with van der Waals surface area (Å²) in [6.45, 7) is 0. The van der Waals surface area contributed by atoms with Gasteiger partial charge in [0, 0.05) is 0 Å². The number of carboxylic acid groups (broad SMARTS) is 1. The molecule has 0 saturated heterocycles. The van der Waals surface area contributed by atoms with E-state index in [0.29, 0.717) is 0 Å². The van der Waals surface area contributed by atoms with E-state index < -0.39 is 11.9 Å². The van der Waals surface area contributed by atoms with Gasteiger partial charge in [0.1, 0.15) is 0 Å². The van der Waals surface area contributed by atoms with Crippen LogP contribution in [0.2, 0.25) is 0 Å². The largest absolute Gasteiger partial charge is 0.478 e. The normalized spacial score (nSPS) is 9.33. The number of nitrogens with one attached hydrogen (secondary N) is 1. The Bertz CT molecular complexity index is 300. The van der Waals surface area contributed by atoms with Gasteiger partial charge in [-0.05, 0) is 12.1 Å². The van der Waals surface area contributed by atoms with Gasteiger partial charge < -0.3 is 5.11 Å². The van der Waals surface area contributed by atoms with Gasteiger partial charge in [-0.1, -0.05) is 12.1 Å². The van der Waals surface area contributed by atoms with Crippen molar-refractivity contribution < 1.29 is 14.7 Å². The Hall–Kier alpha value is -1.84. The number of aromatic carboxylic acids is 1. The van der Waals surface area contributed by atoms with Gasteiger partial charge in [0.15, 0.2) is 0 Å². The van der Waals surface area contributed by atoms with Gasteiger partial charge in [-0.25, -0.2) is 4.79 Å². The van der Waals surface area contributed by atoms with Crippen molar-refractivity contribution in [1.29, 1.82) is 0 Å². The highest BCUT2D eigenvalue weighted by atomic mass is 16.4. The van der Waals surface area contributed by atoms with Crippen LogP contribution in [0.15, 0.2) is 24.3 Å². The van der Waals surface area contributed by atoms with Crippen LogP contribution in [0.3, 0.4) is 0 Å². The van der Waals surface area contributed by atoms with Crippen molar-refractivity contribution in [1.82, 2.24) is 5.73 Å². The quantitative estimate of drug-likeness (QED) is 0.702. The zero-order valence-electron chi connectivity index (χ0n) is 6.07.